The van der Waals surface area contributed by atoms with Crippen LogP contribution in [0.15, 0.2) is 67.3 Å². The highest BCUT2D eigenvalue weighted by Gasteiger charge is 2.19. The van der Waals surface area contributed by atoms with Crippen LogP contribution in [-0.4, -0.2) is 15.5 Å². The zero-order valence-electron chi connectivity index (χ0n) is 12.7. The smallest absolute Gasteiger partial charge is 0.254 e. The lowest BCUT2D eigenvalue weighted by atomic mass is 10.1. The summed E-state index contributed by atoms with van der Waals surface area (Å²) in [6.07, 6.45) is 5.03. The minimum absolute atomic E-state index is 0.318. The van der Waals surface area contributed by atoms with Crippen molar-refractivity contribution in [3.05, 3.63) is 90.0 Å². The second-order valence-corrected chi connectivity index (χ2v) is 5.32. The molecule has 122 valence electrons. The number of nitrogens with zero attached hydrogens (tertiary/aromatic N) is 2. The van der Waals surface area contributed by atoms with Crippen molar-refractivity contribution in [1.29, 1.82) is 0 Å². The number of halogens is 2. The molecule has 24 heavy (non-hydrogen) atoms. The molecule has 6 heteroatoms. The van der Waals surface area contributed by atoms with Gasteiger partial charge in [-0.3, -0.25) is 4.79 Å². The Labute approximate surface area is 137 Å². The van der Waals surface area contributed by atoms with Crippen molar-refractivity contribution in [3.8, 4) is 0 Å². The molecule has 0 fully saturated rings. The summed E-state index contributed by atoms with van der Waals surface area (Å²) in [5.74, 6) is -2.09. The summed E-state index contributed by atoms with van der Waals surface area (Å²) >= 11 is 0. The van der Waals surface area contributed by atoms with Gasteiger partial charge in [0.1, 0.15) is 11.6 Å². The maximum absolute atomic E-state index is 13.8. The van der Waals surface area contributed by atoms with Gasteiger partial charge in [0, 0.05) is 18.9 Å². The van der Waals surface area contributed by atoms with Crippen LogP contribution in [0.3, 0.4) is 0 Å². The van der Waals surface area contributed by atoms with Crippen LogP contribution in [0, 0.1) is 11.6 Å². The van der Waals surface area contributed by atoms with E-state index in [0.29, 0.717) is 6.54 Å². The van der Waals surface area contributed by atoms with E-state index in [4.69, 9.17) is 0 Å². The van der Waals surface area contributed by atoms with E-state index in [2.05, 4.69) is 10.3 Å². The first-order valence-electron chi connectivity index (χ1n) is 7.40. The molecule has 0 spiro atoms. The molecule has 1 atom stereocenters. The molecule has 1 heterocycles. The topological polar surface area (TPSA) is 46.9 Å². The first-order chi connectivity index (χ1) is 11.6. The molecule has 0 bridgehead atoms. The fourth-order valence-corrected chi connectivity index (χ4v) is 2.43. The summed E-state index contributed by atoms with van der Waals surface area (Å²) in [5, 5.41) is 2.76. The molecule has 1 unspecified atom stereocenters. The number of rotatable bonds is 5. The van der Waals surface area contributed by atoms with Crippen molar-refractivity contribution in [2.75, 3.05) is 0 Å². The van der Waals surface area contributed by atoms with Crippen LogP contribution in [0.4, 0.5) is 8.78 Å². The second kappa shape index (κ2) is 7.04. The minimum atomic E-state index is -0.761. The SMILES string of the molecule is O=C(NC(Cn1ccnc1)c1ccccc1)c1cc(F)ccc1F. The molecule has 3 rings (SSSR count). The first-order valence-corrected chi connectivity index (χ1v) is 7.40. The zero-order chi connectivity index (χ0) is 16.9. The van der Waals surface area contributed by atoms with Crippen molar-refractivity contribution in [1.82, 2.24) is 14.9 Å². The zero-order valence-corrected chi connectivity index (χ0v) is 12.7. The largest absolute Gasteiger partial charge is 0.343 e. The number of hydrogen-bond donors (Lipinski definition) is 1. The fourth-order valence-electron chi connectivity index (χ4n) is 2.43. The fraction of sp³-hybridized carbons (Fsp3) is 0.111. The van der Waals surface area contributed by atoms with Gasteiger partial charge in [-0.15, -0.1) is 0 Å². The Morgan fingerprint density at radius 3 is 2.67 bits per heavy atom. The van der Waals surface area contributed by atoms with Crippen LogP contribution in [0.5, 0.6) is 0 Å². The molecule has 0 aliphatic carbocycles. The highest BCUT2D eigenvalue weighted by molar-refractivity contribution is 5.94. The van der Waals surface area contributed by atoms with Gasteiger partial charge in [0.05, 0.1) is 17.9 Å². The average Bonchev–Trinajstić information content (AvgIpc) is 3.10. The molecule has 2 aromatic carbocycles. The molecular formula is C18H15F2N3O. The van der Waals surface area contributed by atoms with Gasteiger partial charge in [0.25, 0.3) is 5.91 Å². The van der Waals surface area contributed by atoms with E-state index in [9.17, 15) is 13.6 Å². The molecule has 0 saturated heterocycles. The monoisotopic (exact) mass is 327 g/mol. The highest BCUT2D eigenvalue weighted by Crippen LogP contribution is 2.17. The summed E-state index contributed by atoms with van der Waals surface area (Å²) in [7, 11) is 0. The molecule has 0 saturated carbocycles. The van der Waals surface area contributed by atoms with E-state index in [1.165, 1.54) is 0 Å². The van der Waals surface area contributed by atoms with Crippen LogP contribution >= 0.6 is 0 Å². The molecule has 1 amide bonds. The van der Waals surface area contributed by atoms with Crippen molar-refractivity contribution in [2.45, 2.75) is 12.6 Å². The van der Waals surface area contributed by atoms with Gasteiger partial charge in [0.2, 0.25) is 0 Å². The Kier molecular flexibility index (Phi) is 4.65. The van der Waals surface area contributed by atoms with Crippen LogP contribution in [0.1, 0.15) is 22.0 Å². The van der Waals surface area contributed by atoms with E-state index >= 15 is 0 Å². The Morgan fingerprint density at radius 1 is 1.17 bits per heavy atom. The van der Waals surface area contributed by atoms with Crippen LogP contribution in [-0.2, 0) is 6.54 Å². The minimum Gasteiger partial charge on any atom is -0.343 e. The summed E-state index contributed by atoms with van der Waals surface area (Å²) in [6.45, 7) is 0.423. The number of carbonyl (C=O) groups excluding carboxylic acids is 1. The van der Waals surface area contributed by atoms with E-state index < -0.39 is 23.6 Å². The lowest BCUT2D eigenvalue weighted by Gasteiger charge is -2.20. The lowest BCUT2D eigenvalue weighted by Crippen LogP contribution is -2.32. The van der Waals surface area contributed by atoms with Gasteiger partial charge in [-0.2, -0.15) is 0 Å². The maximum Gasteiger partial charge on any atom is 0.254 e. The molecule has 4 nitrogen and oxygen atoms in total. The molecule has 0 radical (unpaired) electrons. The van der Waals surface area contributed by atoms with Crippen LogP contribution in [0.2, 0.25) is 0 Å². The second-order valence-electron chi connectivity index (χ2n) is 5.32. The van der Waals surface area contributed by atoms with Gasteiger partial charge in [-0.25, -0.2) is 13.8 Å². The van der Waals surface area contributed by atoms with E-state index in [0.717, 1.165) is 23.8 Å². The van der Waals surface area contributed by atoms with Crippen LogP contribution in [0.25, 0.3) is 0 Å². The lowest BCUT2D eigenvalue weighted by molar-refractivity contribution is 0.0928. The van der Waals surface area contributed by atoms with Crippen molar-refractivity contribution >= 4 is 5.91 Å². The maximum atomic E-state index is 13.8. The van der Waals surface area contributed by atoms with E-state index in [1.807, 2.05) is 30.3 Å². The third-order valence-corrected chi connectivity index (χ3v) is 3.63. The third-order valence-electron chi connectivity index (χ3n) is 3.63. The number of amides is 1. The van der Waals surface area contributed by atoms with Gasteiger partial charge in [-0.05, 0) is 23.8 Å². The van der Waals surface area contributed by atoms with Crippen LogP contribution < -0.4 is 5.32 Å². The van der Waals surface area contributed by atoms with E-state index in [1.54, 1.807) is 23.3 Å². The predicted molar refractivity (Wildman–Crippen MR) is 85.2 cm³/mol. The van der Waals surface area contributed by atoms with Gasteiger partial charge in [0.15, 0.2) is 0 Å². The quantitative estimate of drug-likeness (QED) is 0.781. The van der Waals surface area contributed by atoms with Gasteiger partial charge in [-0.1, -0.05) is 30.3 Å². The molecule has 1 aromatic heterocycles. The number of hydrogen-bond acceptors (Lipinski definition) is 2. The Bertz CT molecular complexity index is 820. The number of imidazole rings is 1. The molecule has 0 aliphatic heterocycles. The van der Waals surface area contributed by atoms with E-state index in [-0.39, 0.29) is 5.56 Å². The number of aromatic nitrogens is 2. The standard InChI is InChI=1S/C18H15F2N3O/c19-14-6-7-16(20)15(10-14)18(24)22-17(11-23-9-8-21-12-23)13-4-2-1-3-5-13/h1-10,12,17H,11H2,(H,22,24). The Hall–Kier alpha value is -3.02. The first kappa shape index (κ1) is 15.9. The summed E-state index contributed by atoms with van der Waals surface area (Å²) in [4.78, 5) is 16.4. The third kappa shape index (κ3) is 3.65. The molecular weight excluding hydrogens is 312 g/mol. The van der Waals surface area contributed by atoms with Gasteiger partial charge >= 0.3 is 0 Å². The van der Waals surface area contributed by atoms with Gasteiger partial charge < -0.3 is 9.88 Å². The normalized spacial score (nSPS) is 11.9. The Balaban J connectivity index is 1.86. The number of nitrogens with one attached hydrogen (secondary N) is 1. The summed E-state index contributed by atoms with van der Waals surface area (Å²) in [6, 6.07) is 11.7. The Morgan fingerprint density at radius 2 is 1.96 bits per heavy atom. The average molecular weight is 327 g/mol. The highest BCUT2D eigenvalue weighted by atomic mass is 19.1. The molecule has 0 aliphatic rings. The molecule has 3 aromatic rings. The van der Waals surface area contributed by atoms with Crippen molar-refractivity contribution in [2.24, 2.45) is 0 Å². The molecule has 1 N–H and O–H groups in total. The summed E-state index contributed by atoms with van der Waals surface area (Å²) < 4.78 is 28.9. The number of benzene rings is 2. The summed E-state index contributed by atoms with van der Waals surface area (Å²) in [5.41, 5.74) is 0.540. The predicted octanol–water partition coefficient (Wildman–Crippen LogP) is 3.33. The van der Waals surface area contributed by atoms with Crippen molar-refractivity contribution < 1.29 is 13.6 Å². The van der Waals surface area contributed by atoms with Crippen molar-refractivity contribution in [3.63, 3.8) is 0 Å². The number of carbonyl (C=O) groups is 1.